The monoisotopic (exact) mass is 485 g/mol. The van der Waals surface area contributed by atoms with Crippen molar-refractivity contribution in [2.45, 2.75) is 25.0 Å². The number of benzene rings is 1. The fourth-order valence-electron chi connectivity index (χ4n) is 4.04. The summed E-state index contributed by atoms with van der Waals surface area (Å²) in [5.41, 5.74) is 2.19. The summed E-state index contributed by atoms with van der Waals surface area (Å²) >= 11 is 1.53. The minimum Gasteiger partial charge on any atom is -0.378 e. The lowest BCUT2D eigenvalue weighted by atomic mass is 10.2. The number of ether oxygens (including phenoxy) is 1. The van der Waals surface area contributed by atoms with E-state index in [0.29, 0.717) is 25.7 Å². The van der Waals surface area contributed by atoms with Crippen molar-refractivity contribution < 1.29 is 9.53 Å². The fourth-order valence-corrected chi connectivity index (χ4v) is 4.42. The Bertz CT molecular complexity index is 943. The summed E-state index contributed by atoms with van der Waals surface area (Å²) < 4.78 is 5.45. The molecule has 2 saturated heterocycles. The highest BCUT2D eigenvalue weighted by molar-refractivity contribution is 7.98. The number of aromatic nitrogens is 2. The summed E-state index contributed by atoms with van der Waals surface area (Å²) in [4.78, 5) is 28.3. The summed E-state index contributed by atoms with van der Waals surface area (Å²) in [5.74, 6) is 1.82. The Morgan fingerprint density at radius 1 is 1.03 bits per heavy atom. The normalized spacial score (nSPS) is 16.8. The van der Waals surface area contributed by atoms with Gasteiger partial charge >= 0.3 is 0 Å². The number of piperazine rings is 1. The van der Waals surface area contributed by atoms with Crippen molar-refractivity contribution in [1.29, 1.82) is 0 Å². The molecule has 184 valence electrons. The lowest BCUT2D eigenvalue weighted by molar-refractivity contribution is -0.130. The first-order valence-electron chi connectivity index (χ1n) is 11.9. The first kappa shape index (κ1) is 24.6. The van der Waals surface area contributed by atoms with E-state index in [2.05, 4.69) is 49.7 Å². The standard InChI is InChI=1S/C24H35N7O2S/c1-18(2)25-17-23(32)31-10-8-30(9-11-31)22-16-21(27-24(28-22)34-3)26-19-4-6-20(7-5-19)29-12-14-33-15-13-29/h4-7,16,18,25H,8-15,17H2,1-3H3,(H,26,27,28). The van der Waals surface area contributed by atoms with Gasteiger partial charge in [0.2, 0.25) is 5.91 Å². The molecule has 0 saturated carbocycles. The van der Waals surface area contributed by atoms with E-state index in [9.17, 15) is 4.79 Å². The van der Waals surface area contributed by atoms with Gasteiger partial charge in [0.15, 0.2) is 5.16 Å². The molecule has 1 aromatic carbocycles. The van der Waals surface area contributed by atoms with Crippen LogP contribution in [0.25, 0.3) is 0 Å². The SMILES string of the molecule is CSc1nc(Nc2ccc(N3CCOCC3)cc2)cc(N2CCN(C(=O)CNC(C)C)CC2)n1. The maximum Gasteiger partial charge on any atom is 0.236 e. The van der Waals surface area contributed by atoms with Gasteiger partial charge in [-0.25, -0.2) is 9.97 Å². The zero-order valence-corrected chi connectivity index (χ0v) is 21.1. The highest BCUT2D eigenvalue weighted by Gasteiger charge is 2.22. The van der Waals surface area contributed by atoms with Crippen LogP contribution in [0.15, 0.2) is 35.5 Å². The second-order valence-electron chi connectivity index (χ2n) is 8.77. The van der Waals surface area contributed by atoms with Crippen molar-refractivity contribution >= 4 is 40.7 Å². The predicted octanol–water partition coefficient (Wildman–Crippen LogP) is 2.43. The molecule has 0 radical (unpaired) electrons. The third-order valence-corrected chi connectivity index (χ3v) is 6.56. The van der Waals surface area contributed by atoms with Gasteiger partial charge in [0.1, 0.15) is 11.6 Å². The van der Waals surface area contributed by atoms with Gasteiger partial charge in [0, 0.05) is 62.8 Å². The molecule has 0 aliphatic carbocycles. The van der Waals surface area contributed by atoms with E-state index >= 15 is 0 Å². The Hall–Kier alpha value is -2.56. The van der Waals surface area contributed by atoms with Gasteiger partial charge in [-0.05, 0) is 30.5 Å². The first-order chi connectivity index (χ1) is 16.5. The van der Waals surface area contributed by atoms with Crippen LogP contribution in [-0.4, -0.2) is 92.1 Å². The van der Waals surface area contributed by atoms with Crippen molar-refractivity contribution in [1.82, 2.24) is 20.2 Å². The molecule has 0 unspecified atom stereocenters. The summed E-state index contributed by atoms with van der Waals surface area (Å²) in [6.07, 6.45) is 1.98. The van der Waals surface area contributed by atoms with Crippen LogP contribution in [0, 0.1) is 0 Å². The van der Waals surface area contributed by atoms with Gasteiger partial charge in [0.05, 0.1) is 19.8 Å². The molecule has 10 heteroatoms. The third-order valence-electron chi connectivity index (χ3n) is 6.01. The molecule has 2 N–H and O–H groups in total. The number of thioether (sulfide) groups is 1. The van der Waals surface area contributed by atoms with Crippen LogP contribution in [0.4, 0.5) is 23.0 Å². The molecule has 2 aliphatic rings. The highest BCUT2D eigenvalue weighted by atomic mass is 32.2. The lowest BCUT2D eigenvalue weighted by Crippen LogP contribution is -2.51. The van der Waals surface area contributed by atoms with Crippen LogP contribution < -0.4 is 20.4 Å². The molecule has 0 spiro atoms. The second-order valence-corrected chi connectivity index (χ2v) is 9.55. The van der Waals surface area contributed by atoms with Gasteiger partial charge in [0.25, 0.3) is 0 Å². The van der Waals surface area contributed by atoms with E-state index in [1.807, 2.05) is 31.1 Å². The zero-order chi connectivity index (χ0) is 23.9. The van der Waals surface area contributed by atoms with Gasteiger partial charge in [-0.1, -0.05) is 25.6 Å². The molecule has 1 aromatic heterocycles. The van der Waals surface area contributed by atoms with Gasteiger partial charge in [-0.2, -0.15) is 0 Å². The van der Waals surface area contributed by atoms with E-state index in [0.717, 1.165) is 61.9 Å². The number of nitrogens with one attached hydrogen (secondary N) is 2. The van der Waals surface area contributed by atoms with Crippen molar-refractivity contribution in [3.8, 4) is 0 Å². The molecule has 9 nitrogen and oxygen atoms in total. The molecule has 0 atom stereocenters. The van der Waals surface area contributed by atoms with Crippen molar-refractivity contribution in [2.24, 2.45) is 0 Å². The Balaban J connectivity index is 1.39. The number of hydrogen-bond donors (Lipinski definition) is 2. The summed E-state index contributed by atoms with van der Waals surface area (Å²) in [6, 6.07) is 10.7. The summed E-state index contributed by atoms with van der Waals surface area (Å²) in [5, 5.41) is 7.37. The van der Waals surface area contributed by atoms with Gasteiger partial charge < -0.3 is 30.1 Å². The molecule has 3 heterocycles. The zero-order valence-electron chi connectivity index (χ0n) is 20.3. The van der Waals surface area contributed by atoms with Gasteiger partial charge in [-0.3, -0.25) is 4.79 Å². The average Bonchev–Trinajstić information content (AvgIpc) is 2.88. The molecule has 1 amide bonds. The van der Waals surface area contributed by atoms with Crippen LogP contribution in [0.1, 0.15) is 13.8 Å². The van der Waals surface area contributed by atoms with Gasteiger partial charge in [-0.15, -0.1) is 0 Å². The fraction of sp³-hybridized carbons (Fsp3) is 0.542. The molecule has 34 heavy (non-hydrogen) atoms. The van der Waals surface area contributed by atoms with E-state index in [-0.39, 0.29) is 5.91 Å². The number of nitrogens with zero attached hydrogens (tertiary/aromatic N) is 5. The number of hydrogen-bond acceptors (Lipinski definition) is 9. The van der Waals surface area contributed by atoms with E-state index < -0.39 is 0 Å². The predicted molar refractivity (Wildman–Crippen MR) is 139 cm³/mol. The number of rotatable bonds is 8. The van der Waals surface area contributed by atoms with Crippen LogP contribution in [0.2, 0.25) is 0 Å². The molecule has 2 fully saturated rings. The maximum atomic E-state index is 12.4. The minimum atomic E-state index is 0.156. The Morgan fingerprint density at radius 3 is 2.38 bits per heavy atom. The number of carbonyl (C=O) groups is 1. The smallest absolute Gasteiger partial charge is 0.236 e. The minimum absolute atomic E-state index is 0.156. The topological polar surface area (TPSA) is 85.9 Å². The molecular formula is C24H35N7O2S. The van der Waals surface area contributed by atoms with Crippen molar-refractivity contribution in [3.63, 3.8) is 0 Å². The van der Waals surface area contributed by atoms with E-state index in [4.69, 9.17) is 9.72 Å². The average molecular weight is 486 g/mol. The largest absolute Gasteiger partial charge is 0.378 e. The second kappa shape index (κ2) is 11.7. The van der Waals surface area contributed by atoms with E-state index in [1.54, 1.807) is 0 Å². The lowest BCUT2D eigenvalue weighted by Gasteiger charge is -2.35. The molecular weight excluding hydrogens is 450 g/mol. The van der Waals surface area contributed by atoms with Crippen LogP contribution in [-0.2, 0) is 9.53 Å². The van der Waals surface area contributed by atoms with E-state index in [1.165, 1.54) is 17.4 Å². The van der Waals surface area contributed by atoms with Crippen LogP contribution in [0.3, 0.4) is 0 Å². The number of carbonyl (C=O) groups excluding carboxylic acids is 1. The Kier molecular flexibility index (Phi) is 8.47. The number of morpholine rings is 1. The first-order valence-corrected chi connectivity index (χ1v) is 13.1. The third kappa shape index (κ3) is 6.52. The molecule has 4 rings (SSSR count). The molecule has 0 bridgehead atoms. The Labute approximate surface area is 206 Å². The summed E-state index contributed by atoms with van der Waals surface area (Å²) in [7, 11) is 0. The summed E-state index contributed by atoms with van der Waals surface area (Å²) in [6.45, 7) is 10.8. The van der Waals surface area contributed by atoms with Crippen LogP contribution >= 0.6 is 11.8 Å². The quantitative estimate of drug-likeness (QED) is 0.432. The van der Waals surface area contributed by atoms with Crippen LogP contribution in [0.5, 0.6) is 0 Å². The van der Waals surface area contributed by atoms with Crippen molar-refractivity contribution in [3.05, 3.63) is 30.3 Å². The highest BCUT2D eigenvalue weighted by Crippen LogP contribution is 2.25. The molecule has 2 aromatic rings. The van der Waals surface area contributed by atoms with Crippen molar-refractivity contribution in [2.75, 3.05) is 80.4 Å². The molecule has 2 aliphatic heterocycles. The Morgan fingerprint density at radius 2 is 1.74 bits per heavy atom. The maximum absolute atomic E-state index is 12.4. The number of anilines is 4. The number of amides is 1.